The second kappa shape index (κ2) is 8.50. The highest BCUT2D eigenvalue weighted by Gasteiger charge is 2.30. The molecule has 2 aromatic carbocycles. The van der Waals surface area contributed by atoms with Gasteiger partial charge in [0, 0.05) is 17.7 Å². The number of aromatic nitrogens is 2. The fourth-order valence-electron chi connectivity index (χ4n) is 2.88. The molecule has 2 N–H and O–H groups in total. The van der Waals surface area contributed by atoms with Crippen molar-refractivity contribution < 1.29 is 19.0 Å². The number of fused-ring (bicyclic) bond motifs is 1. The van der Waals surface area contributed by atoms with Crippen LogP contribution in [-0.4, -0.2) is 35.2 Å². The van der Waals surface area contributed by atoms with E-state index < -0.39 is 0 Å². The van der Waals surface area contributed by atoms with Crippen LogP contribution >= 0.6 is 12.2 Å². The largest absolute Gasteiger partial charge is 0.493 e. The number of hydrogen-bond acceptors (Lipinski definition) is 7. The average molecular weight is 424 g/mol. The molecule has 30 heavy (non-hydrogen) atoms. The van der Waals surface area contributed by atoms with E-state index in [2.05, 4.69) is 20.6 Å². The van der Waals surface area contributed by atoms with Gasteiger partial charge in [-0.05, 0) is 55.4 Å². The van der Waals surface area contributed by atoms with Crippen molar-refractivity contribution in [2.75, 3.05) is 19.5 Å². The Hall–Kier alpha value is -3.46. The number of ether oxygens (including phenoxy) is 3. The second-order valence-electron chi connectivity index (χ2n) is 6.75. The zero-order valence-corrected chi connectivity index (χ0v) is 17.3. The van der Waals surface area contributed by atoms with Gasteiger partial charge in [-0.3, -0.25) is 4.79 Å². The summed E-state index contributed by atoms with van der Waals surface area (Å²) in [7, 11) is 3.14. The topological polar surface area (TPSA) is 94.6 Å². The van der Waals surface area contributed by atoms with E-state index in [1.54, 1.807) is 50.6 Å². The summed E-state index contributed by atoms with van der Waals surface area (Å²) in [5.41, 5.74) is 1.41. The highest BCUT2D eigenvalue weighted by Crippen LogP contribution is 2.35. The predicted molar refractivity (Wildman–Crippen MR) is 116 cm³/mol. The van der Waals surface area contributed by atoms with Crippen LogP contribution < -0.4 is 24.8 Å². The van der Waals surface area contributed by atoms with Crippen LogP contribution in [0.2, 0.25) is 0 Å². The highest BCUT2D eigenvalue weighted by atomic mass is 32.1. The van der Waals surface area contributed by atoms with Crippen LogP contribution in [0.25, 0.3) is 10.9 Å². The Morgan fingerprint density at radius 2 is 1.77 bits per heavy atom. The Kier molecular flexibility index (Phi) is 5.62. The van der Waals surface area contributed by atoms with Gasteiger partial charge in [0.15, 0.2) is 16.6 Å². The Morgan fingerprint density at radius 1 is 1.07 bits per heavy atom. The van der Waals surface area contributed by atoms with E-state index in [-0.39, 0.29) is 16.9 Å². The van der Waals surface area contributed by atoms with Crippen LogP contribution in [0, 0.1) is 5.92 Å². The average Bonchev–Trinajstić information content (AvgIpc) is 3.60. The quantitative estimate of drug-likeness (QED) is 0.579. The number of hydrogen-bond donors (Lipinski definition) is 2. The van der Waals surface area contributed by atoms with E-state index in [1.807, 2.05) is 0 Å². The first-order chi connectivity index (χ1) is 14.6. The van der Waals surface area contributed by atoms with Crippen molar-refractivity contribution in [1.82, 2.24) is 15.3 Å². The van der Waals surface area contributed by atoms with Gasteiger partial charge in [0.25, 0.3) is 0 Å². The number of carbonyl (C=O) groups excluding carboxylic acids is 1. The maximum atomic E-state index is 11.8. The van der Waals surface area contributed by atoms with Crippen molar-refractivity contribution in [3.8, 4) is 23.1 Å². The third-order valence-electron chi connectivity index (χ3n) is 4.62. The maximum absolute atomic E-state index is 11.8. The summed E-state index contributed by atoms with van der Waals surface area (Å²) in [5, 5.41) is 6.66. The fraction of sp³-hybridized carbons (Fsp3) is 0.238. The van der Waals surface area contributed by atoms with Crippen molar-refractivity contribution in [2.24, 2.45) is 5.92 Å². The lowest BCUT2D eigenvalue weighted by atomic mass is 10.2. The van der Waals surface area contributed by atoms with E-state index in [0.717, 1.165) is 18.5 Å². The summed E-state index contributed by atoms with van der Waals surface area (Å²) >= 11 is 5.18. The zero-order valence-electron chi connectivity index (χ0n) is 16.5. The fourth-order valence-corrected chi connectivity index (χ4v) is 3.10. The van der Waals surface area contributed by atoms with Gasteiger partial charge in [-0.25, -0.2) is 9.97 Å². The van der Waals surface area contributed by atoms with Crippen molar-refractivity contribution in [3.63, 3.8) is 0 Å². The number of anilines is 1. The van der Waals surface area contributed by atoms with E-state index >= 15 is 0 Å². The molecule has 1 aliphatic carbocycles. The van der Waals surface area contributed by atoms with Gasteiger partial charge in [0.05, 0.1) is 25.1 Å². The minimum atomic E-state index is -0.0323. The van der Waals surface area contributed by atoms with Gasteiger partial charge in [0.1, 0.15) is 12.1 Å². The molecule has 0 unspecified atom stereocenters. The first-order valence-electron chi connectivity index (χ1n) is 9.34. The van der Waals surface area contributed by atoms with Crippen molar-refractivity contribution in [3.05, 3.63) is 42.7 Å². The summed E-state index contributed by atoms with van der Waals surface area (Å²) in [4.78, 5) is 20.3. The van der Waals surface area contributed by atoms with E-state index in [4.69, 9.17) is 26.4 Å². The van der Waals surface area contributed by atoms with E-state index in [1.165, 1.54) is 6.33 Å². The molecular formula is C21H20N4O4S. The Bertz CT molecular complexity index is 1100. The van der Waals surface area contributed by atoms with Crippen LogP contribution in [0.3, 0.4) is 0 Å². The standard InChI is InChI=1S/C21H20N4O4S/c1-27-17-9-15-16(10-18(17)28-2)22-11-23-20(15)29-14-7-5-13(6-8-14)24-21(30)25-19(26)12-3-4-12/h5-12H,3-4H2,1-2H3,(H2,24,25,26,30). The molecule has 0 saturated heterocycles. The highest BCUT2D eigenvalue weighted by molar-refractivity contribution is 7.80. The molecule has 4 rings (SSSR count). The Balaban J connectivity index is 1.48. The summed E-state index contributed by atoms with van der Waals surface area (Å²) in [5.74, 6) is 2.19. The summed E-state index contributed by atoms with van der Waals surface area (Å²) in [6.45, 7) is 0. The third kappa shape index (κ3) is 4.41. The lowest BCUT2D eigenvalue weighted by molar-refractivity contribution is -0.120. The number of benzene rings is 2. The predicted octanol–water partition coefficient (Wildman–Crippen LogP) is 3.66. The van der Waals surface area contributed by atoms with E-state index in [9.17, 15) is 4.79 Å². The van der Waals surface area contributed by atoms with Crippen molar-refractivity contribution >= 4 is 39.8 Å². The first kappa shape index (κ1) is 19.8. The smallest absolute Gasteiger partial charge is 0.230 e. The lowest BCUT2D eigenvalue weighted by Crippen LogP contribution is -2.35. The third-order valence-corrected chi connectivity index (χ3v) is 4.82. The Labute approximate surface area is 178 Å². The molecular weight excluding hydrogens is 404 g/mol. The molecule has 0 spiro atoms. The molecule has 1 saturated carbocycles. The summed E-state index contributed by atoms with van der Waals surface area (Å²) < 4.78 is 16.6. The summed E-state index contributed by atoms with van der Waals surface area (Å²) in [6.07, 6.45) is 3.29. The molecule has 3 aromatic rings. The molecule has 8 nitrogen and oxygen atoms in total. The van der Waals surface area contributed by atoms with Crippen LogP contribution in [0.1, 0.15) is 12.8 Å². The molecule has 154 valence electrons. The molecule has 1 heterocycles. The second-order valence-corrected chi connectivity index (χ2v) is 7.16. The van der Waals surface area contributed by atoms with Crippen LogP contribution in [0.15, 0.2) is 42.7 Å². The van der Waals surface area contributed by atoms with Gasteiger partial charge in [-0.2, -0.15) is 0 Å². The SMILES string of the molecule is COc1cc2ncnc(Oc3ccc(NC(=S)NC(=O)C4CC4)cc3)c2cc1OC. The van der Waals surface area contributed by atoms with Crippen LogP contribution in [0.5, 0.6) is 23.1 Å². The minimum Gasteiger partial charge on any atom is -0.493 e. The maximum Gasteiger partial charge on any atom is 0.230 e. The number of thiocarbonyl (C=S) groups is 1. The van der Waals surface area contributed by atoms with Crippen molar-refractivity contribution in [1.29, 1.82) is 0 Å². The Morgan fingerprint density at radius 3 is 2.43 bits per heavy atom. The molecule has 9 heteroatoms. The molecule has 1 fully saturated rings. The first-order valence-corrected chi connectivity index (χ1v) is 9.74. The monoisotopic (exact) mass is 424 g/mol. The minimum absolute atomic E-state index is 0.0323. The van der Waals surface area contributed by atoms with Gasteiger partial charge in [-0.15, -0.1) is 0 Å². The normalized spacial score (nSPS) is 12.9. The molecule has 1 amide bonds. The molecule has 0 radical (unpaired) electrons. The van der Waals surface area contributed by atoms with Gasteiger partial charge < -0.3 is 24.8 Å². The van der Waals surface area contributed by atoms with Crippen LogP contribution in [-0.2, 0) is 4.79 Å². The van der Waals surface area contributed by atoms with Gasteiger partial charge in [0.2, 0.25) is 11.8 Å². The zero-order chi connectivity index (χ0) is 21.1. The number of nitrogens with zero attached hydrogens (tertiary/aromatic N) is 2. The van der Waals surface area contributed by atoms with E-state index in [0.29, 0.717) is 34.0 Å². The number of amides is 1. The van der Waals surface area contributed by atoms with Gasteiger partial charge in [-0.1, -0.05) is 0 Å². The molecule has 0 bridgehead atoms. The van der Waals surface area contributed by atoms with Crippen LogP contribution in [0.4, 0.5) is 5.69 Å². The number of carbonyl (C=O) groups is 1. The number of rotatable bonds is 6. The van der Waals surface area contributed by atoms with Gasteiger partial charge >= 0.3 is 0 Å². The summed E-state index contributed by atoms with van der Waals surface area (Å²) in [6, 6.07) is 10.7. The molecule has 1 aromatic heterocycles. The molecule has 1 aliphatic rings. The lowest BCUT2D eigenvalue weighted by Gasteiger charge is -2.12. The number of methoxy groups -OCH3 is 2. The number of nitrogens with one attached hydrogen (secondary N) is 2. The van der Waals surface area contributed by atoms with Crippen molar-refractivity contribution in [2.45, 2.75) is 12.8 Å². The molecule has 0 atom stereocenters. The molecule has 0 aliphatic heterocycles.